The van der Waals surface area contributed by atoms with Crippen LogP contribution in [0.3, 0.4) is 0 Å². The van der Waals surface area contributed by atoms with Gasteiger partial charge in [-0.3, -0.25) is 6.54 Å². The Morgan fingerprint density at radius 2 is 1.03 bits per heavy atom. The Labute approximate surface area is 245 Å². The van der Waals surface area contributed by atoms with Gasteiger partial charge in [-0.2, -0.15) is 36.4 Å². The van der Waals surface area contributed by atoms with E-state index in [4.69, 9.17) is 0 Å². The van der Waals surface area contributed by atoms with Crippen LogP contribution in [0.15, 0.2) is 121 Å². The molecule has 3 heteroatoms. The minimum atomic E-state index is -0.289. The molecule has 0 atom stereocenters. The summed E-state index contributed by atoms with van der Waals surface area (Å²) in [6.45, 7) is 13.0. The molecule has 0 unspecified atom stereocenters. The van der Waals surface area contributed by atoms with E-state index in [1.165, 1.54) is 16.7 Å². The van der Waals surface area contributed by atoms with Crippen LogP contribution >= 0.6 is 0 Å². The first-order valence-electron chi connectivity index (χ1n) is 12.8. The van der Waals surface area contributed by atoms with Crippen LogP contribution < -0.4 is 5.32 Å². The average Bonchev–Trinajstić information content (AvgIpc) is 2.99. The Bertz CT molecular complexity index is 879. The third-order valence-electron chi connectivity index (χ3n) is 5.64. The maximum Gasteiger partial charge on any atom is 0.0950 e. The topological polar surface area (TPSA) is 15.3 Å². The van der Waals surface area contributed by atoms with Crippen LogP contribution in [0.1, 0.15) is 44.4 Å². The van der Waals surface area contributed by atoms with Gasteiger partial charge in [-0.05, 0) is 23.2 Å². The summed E-state index contributed by atoms with van der Waals surface area (Å²) in [5.41, 5.74) is 3.63. The molecule has 0 aliphatic carbocycles. The number of hydrogen-bond donors (Lipinski definition) is 1. The van der Waals surface area contributed by atoms with Crippen molar-refractivity contribution in [3.05, 3.63) is 151 Å². The maximum atomic E-state index is 3.37. The van der Waals surface area contributed by atoms with Crippen molar-refractivity contribution in [1.29, 1.82) is 0 Å². The summed E-state index contributed by atoms with van der Waals surface area (Å²) in [5, 5.41) is 3.37. The van der Waals surface area contributed by atoms with Crippen molar-refractivity contribution in [1.82, 2.24) is 10.2 Å². The minimum absolute atomic E-state index is 0. The summed E-state index contributed by atoms with van der Waals surface area (Å²) >= 11 is 0. The number of hydrogen-bond acceptors (Lipinski definition) is 2. The van der Waals surface area contributed by atoms with Crippen LogP contribution in [0.25, 0.3) is 0 Å². The average molecular weight is 554 g/mol. The number of benzene rings is 4. The van der Waals surface area contributed by atoms with Crippen LogP contribution in [0.2, 0.25) is 0 Å². The van der Waals surface area contributed by atoms with Gasteiger partial charge in [-0.25, -0.2) is 0 Å². The molecule has 1 aliphatic rings. The fraction of sp³-hybridized carbons (Fsp3) is 0.242. The van der Waals surface area contributed by atoms with Crippen LogP contribution in [-0.4, -0.2) is 24.5 Å². The second-order valence-electron chi connectivity index (χ2n) is 7.49. The molecule has 4 aromatic carbocycles. The molecular weight excluding hydrogens is 513 g/mol. The second kappa shape index (κ2) is 19.1. The zero-order chi connectivity index (χ0) is 25.2. The second-order valence-corrected chi connectivity index (χ2v) is 7.49. The van der Waals surface area contributed by atoms with E-state index in [9.17, 15) is 0 Å². The molecule has 5 rings (SSSR count). The molecule has 0 spiro atoms. The number of rotatable bonds is 4. The van der Waals surface area contributed by atoms with E-state index in [1.807, 2.05) is 58.0 Å². The summed E-state index contributed by atoms with van der Waals surface area (Å²) in [7, 11) is 0. The number of nitrogens with zero attached hydrogens (tertiary/aromatic N) is 1. The summed E-state index contributed by atoms with van der Waals surface area (Å²) in [5.74, 6) is 0. The molecular formula is C33H40N2Y-2. The van der Waals surface area contributed by atoms with Gasteiger partial charge in [0, 0.05) is 39.3 Å². The van der Waals surface area contributed by atoms with Gasteiger partial charge in [0.1, 0.15) is 0 Å². The van der Waals surface area contributed by atoms with Gasteiger partial charge >= 0.3 is 0 Å². The van der Waals surface area contributed by atoms with Gasteiger partial charge in [0.2, 0.25) is 0 Å². The molecule has 4 aromatic rings. The van der Waals surface area contributed by atoms with Crippen molar-refractivity contribution in [3.8, 4) is 0 Å². The van der Waals surface area contributed by atoms with Gasteiger partial charge in [0.15, 0.2) is 0 Å². The van der Waals surface area contributed by atoms with Crippen LogP contribution in [0.5, 0.6) is 0 Å². The molecule has 0 saturated carbocycles. The fourth-order valence-corrected chi connectivity index (χ4v) is 4.30. The fourth-order valence-electron chi connectivity index (χ4n) is 4.30. The molecule has 1 heterocycles. The minimum Gasteiger partial charge on any atom is -0.468 e. The largest absolute Gasteiger partial charge is 0.468 e. The molecule has 1 N–H and O–H groups in total. The molecule has 0 bridgehead atoms. The Morgan fingerprint density at radius 1 is 0.639 bits per heavy atom. The van der Waals surface area contributed by atoms with Gasteiger partial charge in [-0.15, -0.1) is 6.54 Å². The van der Waals surface area contributed by atoms with Crippen LogP contribution in [0, 0.1) is 12.6 Å². The Kier molecular flexibility index (Phi) is 16.9. The molecule has 1 fully saturated rings. The molecule has 187 valence electrons. The van der Waals surface area contributed by atoms with E-state index in [0.717, 1.165) is 19.6 Å². The summed E-state index contributed by atoms with van der Waals surface area (Å²) in [6, 6.07) is 45.1. The van der Waals surface area contributed by atoms with Crippen LogP contribution in [0.4, 0.5) is 0 Å². The molecule has 2 nitrogen and oxygen atoms in total. The molecule has 36 heavy (non-hydrogen) atoms. The predicted molar refractivity (Wildman–Crippen MR) is 151 cm³/mol. The smallest absolute Gasteiger partial charge is 0.0950 e. The first-order chi connectivity index (χ1) is 17.4. The first-order valence-corrected chi connectivity index (χ1v) is 12.8. The number of piperazine rings is 1. The zero-order valence-electron chi connectivity index (χ0n) is 22.3. The normalized spacial score (nSPS) is 12.7. The third kappa shape index (κ3) is 8.49. The van der Waals surface area contributed by atoms with E-state index < -0.39 is 0 Å². The van der Waals surface area contributed by atoms with Crippen molar-refractivity contribution in [2.24, 2.45) is 0 Å². The Hall–Kier alpha value is -2.10. The van der Waals surface area contributed by atoms with Crippen molar-refractivity contribution in [2.75, 3.05) is 19.6 Å². The van der Waals surface area contributed by atoms with Gasteiger partial charge in [0.25, 0.3) is 0 Å². The third-order valence-corrected chi connectivity index (χ3v) is 5.64. The summed E-state index contributed by atoms with van der Waals surface area (Å²) in [6.07, 6.45) is 0. The molecule has 1 aliphatic heterocycles. The standard InChI is InChI=1S/C23H23N2.C6H5.2C2H6.Y/c1-4-10-20(11-5-1)23(21-12-6-2-7-13-21,22-14-8-3-9-15-22)25-18-16-24-17-19-25;1-2-4-6-5-3-1;2*1-2;/h1-16,24H,17-19H2;1-5H;2*1-2H3;/q2*-1;;;. The van der Waals surface area contributed by atoms with Crippen molar-refractivity contribution in [3.63, 3.8) is 0 Å². The van der Waals surface area contributed by atoms with E-state index in [1.54, 1.807) is 0 Å². The van der Waals surface area contributed by atoms with Crippen molar-refractivity contribution in [2.45, 2.75) is 33.2 Å². The predicted octanol–water partition coefficient (Wildman–Crippen LogP) is 7.58. The zero-order valence-corrected chi connectivity index (χ0v) is 25.1. The Balaban J connectivity index is 0.000000505. The van der Waals surface area contributed by atoms with Gasteiger partial charge in [-0.1, -0.05) is 119 Å². The van der Waals surface area contributed by atoms with Crippen LogP contribution in [-0.2, 0) is 38.2 Å². The quantitative estimate of drug-likeness (QED) is 0.207. The van der Waals surface area contributed by atoms with Crippen molar-refractivity contribution < 1.29 is 32.7 Å². The Morgan fingerprint density at radius 3 is 1.31 bits per heavy atom. The molecule has 0 amide bonds. The van der Waals surface area contributed by atoms with Gasteiger partial charge in [0.05, 0.1) is 5.54 Å². The van der Waals surface area contributed by atoms with E-state index in [-0.39, 0.29) is 38.2 Å². The van der Waals surface area contributed by atoms with E-state index in [0.29, 0.717) is 0 Å². The molecule has 0 aromatic heterocycles. The SMILES string of the molecule is CC.CC.[Y].[c-]1ccccc1.c1ccc(C(c2ccccc2)(c2ccccc2)N2C[CH-]NCC2)cc1. The number of nitrogens with one attached hydrogen (secondary N) is 1. The van der Waals surface area contributed by atoms with E-state index in [2.05, 4.69) is 114 Å². The summed E-state index contributed by atoms with van der Waals surface area (Å²) in [4.78, 5) is 2.57. The molecule has 1 radical (unpaired) electrons. The van der Waals surface area contributed by atoms with E-state index >= 15 is 0 Å². The summed E-state index contributed by atoms with van der Waals surface area (Å²) < 4.78 is 0. The monoisotopic (exact) mass is 553 g/mol. The first kappa shape index (κ1) is 31.9. The van der Waals surface area contributed by atoms with Crippen molar-refractivity contribution >= 4 is 0 Å². The molecule has 1 saturated heterocycles. The maximum absolute atomic E-state index is 3.37. The van der Waals surface area contributed by atoms with Gasteiger partial charge < -0.3 is 10.2 Å².